The molecule has 1 aromatic carbocycles. The minimum atomic E-state index is -0.694. The summed E-state index contributed by atoms with van der Waals surface area (Å²) in [4.78, 5) is 49.4. The highest BCUT2D eigenvalue weighted by Gasteiger charge is 2.38. The monoisotopic (exact) mass is 411 g/mol. The van der Waals surface area contributed by atoms with Gasteiger partial charge in [0.25, 0.3) is 17.5 Å². The molecule has 0 unspecified atom stereocenters. The van der Waals surface area contributed by atoms with E-state index in [1.807, 2.05) is 18.4 Å². The number of imide groups is 1. The topological polar surface area (TPSA) is 112 Å². The van der Waals surface area contributed by atoms with E-state index < -0.39 is 23.3 Å². The predicted molar refractivity (Wildman–Crippen MR) is 106 cm³/mol. The molecule has 2 amide bonds. The maximum absolute atomic E-state index is 12.9. The minimum Gasteiger partial charge on any atom is -0.376 e. The standard InChI is InChI=1S/C21H21N3O6/c1-12-8-17(13(2)22(12)10-15-4-3-7-30-15)19(25)11-23-20(26)16-6-5-14(24(28)29)9-18(16)21(23)27/h5-6,8-9,15H,3-4,7,10-11H2,1-2H3/t15-/m0/s1. The van der Waals surface area contributed by atoms with Gasteiger partial charge in [-0.1, -0.05) is 0 Å². The van der Waals surface area contributed by atoms with Crippen LogP contribution in [-0.4, -0.2) is 51.2 Å². The second-order valence-corrected chi connectivity index (χ2v) is 7.64. The van der Waals surface area contributed by atoms with Crippen molar-refractivity contribution in [1.29, 1.82) is 0 Å². The number of nitrogens with zero attached hydrogens (tertiary/aromatic N) is 3. The number of hydrogen-bond acceptors (Lipinski definition) is 6. The van der Waals surface area contributed by atoms with Gasteiger partial charge < -0.3 is 9.30 Å². The molecule has 9 nitrogen and oxygen atoms in total. The number of amides is 2. The average molecular weight is 411 g/mol. The van der Waals surface area contributed by atoms with Gasteiger partial charge in [-0.2, -0.15) is 0 Å². The van der Waals surface area contributed by atoms with Crippen LogP contribution in [0.2, 0.25) is 0 Å². The number of aromatic nitrogens is 1. The summed E-state index contributed by atoms with van der Waals surface area (Å²) in [5.74, 6) is -1.67. The summed E-state index contributed by atoms with van der Waals surface area (Å²) in [7, 11) is 0. The molecule has 0 bridgehead atoms. The van der Waals surface area contributed by atoms with E-state index in [4.69, 9.17) is 4.74 Å². The molecule has 0 saturated carbocycles. The molecule has 156 valence electrons. The molecule has 1 atom stereocenters. The lowest BCUT2D eigenvalue weighted by Gasteiger charge is -2.15. The molecule has 1 saturated heterocycles. The van der Waals surface area contributed by atoms with E-state index in [-0.39, 0.29) is 28.7 Å². The normalized spacial score (nSPS) is 18.2. The Hall–Kier alpha value is -3.33. The van der Waals surface area contributed by atoms with Gasteiger partial charge in [-0.05, 0) is 38.8 Å². The summed E-state index contributed by atoms with van der Waals surface area (Å²) in [5, 5.41) is 11.0. The van der Waals surface area contributed by atoms with Crippen LogP contribution >= 0.6 is 0 Å². The van der Waals surface area contributed by atoms with Crippen LogP contribution in [0.25, 0.3) is 0 Å². The summed E-state index contributed by atoms with van der Waals surface area (Å²) >= 11 is 0. The lowest BCUT2D eigenvalue weighted by molar-refractivity contribution is -0.384. The molecule has 0 radical (unpaired) electrons. The van der Waals surface area contributed by atoms with Crippen LogP contribution in [0.15, 0.2) is 24.3 Å². The van der Waals surface area contributed by atoms with Gasteiger partial charge in [-0.3, -0.25) is 29.4 Å². The van der Waals surface area contributed by atoms with Crippen molar-refractivity contribution in [3.63, 3.8) is 0 Å². The van der Waals surface area contributed by atoms with E-state index in [1.54, 1.807) is 6.07 Å². The van der Waals surface area contributed by atoms with Crippen molar-refractivity contribution in [2.24, 2.45) is 0 Å². The zero-order chi connectivity index (χ0) is 21.6. The van der Waals surface area contributed by atoms with Crippen molar-refractivity contribution >= 4 is 23.3 Å². The number of rotatable bonds is 6. The molecule has 0 spiro atoms. The molecule has 1 fully saturated rings. The third-order valence-electron chi connectivity index (χ3n) is 5.75. The van der Waals surface area contributed by atoms with Crippen molar-refractivity contribution in [1.82, 2.24) is 9.47 Å². The average Bonchev–Trinajstić information content (AvgIpc) is 3.39. The summed E-state index contributed by atoms with van der Waals surface area (Å²) in [6.45, 7) is 4.72. The van der Waals surface area contributed by atoms with Gasteiger partial charge in [0.1, 0.15) is 0 Å². The first-order valence-corrected chi connectivity index (χ1v) is 9.74. The fourth-order valence-electron chi connectivity index (χ4n) is 4.12. The molecular weight excluding hydrogens is 390 g/mol. The number of nitro groups is 1. The zero-order valence-electron chi connectivity index (χ0n) is 16.7. The van der Waals surface area contributed by atoms with Gasteiger partial charge in [-0.15, -0.1) is 0 Å². The first-order valence-electron chi connectivity index (χ1n) is 9.74. The van der Waals surface area contributed by atoms with Crippen molar-refractivity contribution in [2.45, 2.75) is 39.3 Å². The van der Waals surface area contributed by atoms with Crippen LogP contribution in [0.5, 0.6) is 0 Å². The third kappa shape index (κ3) is 3.30. The molecule has 9 heteroatoms. The highest BCUT2D eigenvalue weighted by atomic mass is 16.6. The molecule has 1 aromatic heterocycles. The van der Waals surface area contributed by atoms with E-state index in [0.29, 0.717) is 12.1 Å². The van der Waals surface area contributed by atoms with E-state index in [2.05, 4.69) is 0 Å². The number of benzene rings is 1. The number of nitro benzene ring substituents is 1. The van der Waals surface area contributed by atoms with Crippen molar-refractivity contribution < 1.29 is 24.0 Å². The number of carbonyl (C=O) groups excluding carboxylic acids is 3. The minimum absolute atomic E-state index is 0.0501. The van der Waals surface area contributed by atoms with E-state index in [9.17, 15) is 24.5 Å². The first kappa shape index (κ1) is 20.0. The summed E-state index contributed by atoms with van der Waals surface area (Å²) in [6.07, 6.45) is 2.11. The Kier molecular flexibility index (Phi) is 4.98. The van der Waals surface area contributed by atoms with E-state index >= 15 is 0 Å². The van der Waals surface area contributed by atoms with Crippen LogP contribution in [-0.2, 0) is 11.3 Å². The summed E-state index contributed by atoms with van der Waals surface area (Å²) < 4.78 is 7.71. The number of carbonyl (C=O) groups is 3. The van der Waals surface area contributed by atoms with Gasteiger partial charge in [0.2, 0.25) is 0 Å². The van der Waals surface area contributed by atoms with Crippen molar-refractivity contribution in [2.75, 3.05) is 13.2 Å². The maximum atomic E-state index is 12.9. The Bertz CT molecular complexity index is 1080. The van der Waals surface area contributed by atoms with Crippen LogP contribution in [0.1, 0.15) is 55.3 Å². The Morgan fingerprint density at radius 1 is 1.20 bits per heavy atom. The van der Waals surface area contributed by atoms with Gasteiger partial charge in [-0.25, -0.2) is 0 Å². The lowest BCUT2D eigenvalue weighted by atomic mass is 10.1. The van der Waals surface area contributed by atoms with Gasteiger partial charge in [0.15, 0.2) is 5.78 Å². The molecule has 2 aromatic rings. The highest BCUT2D eigenvalue weighted by Crippen LogP contribution is 2.28. The number of non-ortho nitro benzene ring substituents is 1. The number of Topliss-reactive ketones (excluding diaryl/α,β-unsaturated/α-hetero) is 1. The van der Waals surface area contributed by atoms with Gasteiger partial charge in [0, 0.05) is 42.2 Å². The maximum Gasteiger partial charge on any atom is 0.270 e. The van der Waals surface area contributed by atoms with E-state index in [0.717, 1.165) is 41.8 Å². The second kappa shape index (κ2) is 7.49. The smallest absolute Gasteiger partial charge is 0.270 e. The Morgan fingerprint density at radius 3 is 2.60 bits per heavy atom. The molecule has 0 aliphatic carbocycles. The van der Waals surface area contributed by atoms with Crippen LogP contribution < -0.4 is 0 Å². The van der Waals surface area contributed by atoms with E-state index in [1.165, 1.54) is 12.1 Å². The van der Waals surface area contributed by atoms with Crippen LogP contribution in [0, 0.1) is 24.0 Å². The van der Waals surface area contributed by atoms with Crippen molar-refractivity contribution in [3.05, 3.63) is 62.5 Å². The van der Waals surface area contributed by atoms with Crippen LogP contribution in [0.4, 0.5) is 5.69 Å². The third-order valence-corrected chi connectivity index (χ3v) is 5.75. The summed E-state index contributed by atoms with van der Waals surface area (Å²) in [6, 6.07) is 5.27. The summed E-state index contributed by atoms with van der Waals surface area (Å²) in [5.41, 5.74) is 1.87. The van der Waals surface area contributed by atoms with Crippen LogP contribution in [0.3, 0.4) is 0 Å². The molecule has 2 aliphatic heterocycles. The molecule has 0 N–H and O–H groups in total. The SMILES string of the molecule is Cc1cc(C(=O)CN2C(=O)c3ccc([N+](=O)[O-])cc3C2=O)c(C)n1C[C@@H]1CCCO1. The Labute approximate surface area is 172 Å². The number of ketones is 1. The number of fused-ring (bicyclic) bond motifs is 1. The molecular formula is C21H21N3O6. The number of aryl methyl sites for hydroxylation is 1. The zero-order valence-corrected chi connectivity index (χ0v) is 16.7. The van der Waals surface area contributed by atoms with Gasteiger partial charge >= 0.3 is 0 Å². The quantitative estimate of drug-likeness (QED) is 0.313. The number of ether oxygens (including phenoxy) is 1. The fraction of sp³-hybridized carbons (Fsp3) is 0.381. The molecule has 30 heavy (non-hydrogen) atoms. The van der Waals surface area contributed by atoms with Gasteiger partial charge in [0.05, 0.1) is 28.7 Å². The predicted octanol–water partition coefficient (Wildman–Crippen LogP) is 2.67. The fourth-order valence-corrected chi connectivity index (χ4v) is 4.12. The molecule has 3 heterocycles. The lowest BCUT2D eigenvalue weighted by Crippen LogP contribution is -2.35. The molecule has 2 aliphatic rings. The highest BCUT2D eigenvalue weighted by molar-refractivity contribution is 6.23. The Balaban J connectivity index is 1.55. The Morgan fingerprint density at radius 2 is 1.93 bits per heavy atom. The largest absolute Gasteiger partial charge is 0.376 e. The second-order valence-electron chi connectivity index (χ2n) is 7.64. The van der Waals surface area contributed by atoms with Crippen molar-refractivity contribution in [3.8, 4) is 0 Å². The molecule has 4 rings (SSSR count). The first-order chi connectivity index (χ1) is 14.3. The number of hydrogen-bond donors (Lipinski definition) is 0.